The molecule has 2 atom stereocenters. The Balaban J connectivity index is 1.90. The highest BCUT2D eigenvalue weighted by molar-refractivity contribution is 8.01. The predicted octanol–water partition coefficient (Wildman–Crippen LogP) is 1.53. The van der Waals surface area contributed by atoms with Crippen LogP contribution in [0.1, 0.15) is 12.8 Å². The number of hydrogen-bond acceptors (Lipinski definition) is 2. The molecule has 52 valence electrons. The van der Waals surface area contributed by atoms with E-state index in [2.05, 4.69) is 11.8 Å². The van der Waals surface area contributed by atoms with Crippen molar-refractivity contribution >= 4 is 11.8 Å². The van der Waals surface area contributed by atoms with E-state index in [0.29, 0.717) is 0 Å². The van der Waals surface area contributed by atoms with Gasteiger partial charge in [-0.2, -0.15) is 11.8 Å². The van der Waals surface area contributed by atoms with Gasteiger partial charge in [-0.25, -0.2) is 0 Å². The lowest BCUT2D eigenvalue weighted by Crippen LogP contribution is -2.32. The summed E-state index contributed by atoms with van der Waals surface area (Å²) in [6.07, 6.45) is 2.68. The van der Waals surface area contributed by atoms with Gasteiger partial charge in [0.1, 0.15) is 0 Å². The molecule has 0 N–H and O–H groups in total. The summed E-state index contributed by atoms with van der Waals surface area (Å²) in [5.74, 6) is 2.27. The summed E-state index contributed by atoms with van der Waals surface area (Å²) >= 11 is 2.12. The van der Waals surface area contributed by atoms with Crippen molar-refractivity contribution in [3.63, 3.8) is 0 Å². The van der Waals surface area contributed by atoms with E-state index >= 15 is 0 Å². The zero-order valence-electron chi connectivity index (χ0n) is 5.51. The van der Waals surface area contributed by atoms with Gasteiger partial charge >= 0.3 is 0 Å². The van der Waals surface area contributed by atoms with E-state index in [-0.39, 0.29) is 0 Å². The van der Waals surface area contributed by atoms with Crippen LogP contribution in [0.3, 0.4) is 0 Å². The average molecular weight is 144 g/mol. The Morgan fingerprint density at radius 1 is 1.44 bits per heavy atom. The van der Waals surface area contributed by atoms with Crippen LogP contribution in [0.2, 0.25) is 0 Å². The number of hydrogen-bond donors (Lipinski definition) is 0. The molecule has 0 spiro atoms. The third-order valence-electron chi connectivity index (χ3n) is 2.16. The third-order valence-corrected chi connectivity index (χ3v) is 3.83. The van der Waals surface area contributed by atoms with Crippen LogP contribution in [0, 0.1) is 5.92 Å². The summed E-state index contributed by atoms with van der Waals surface area (Å²) < 4.78 is 5.42. The molecule has 2 aliphatic heterocycles. The minimum Gasteiger partial charge on any atom is -0.381 e. The average Bonchev–Trinajstić information content (AvgIpc) is 1.94. The maximum Gasteiger partial charge on any atom is 0.0512 e. The summed E-state index contributed by atoms with van der Waals surface area (Å²) in [6, 6.07) is 0. The molecule has 0 saturated carbocycles. The first-order chi connectivity index (χ1) is 4.47. The van der Waals surface area contributed by atoms with Crippen molar-refractivity contribution < 1.29 is 4.74 Å². The number of rotatable bonds is 0. The van der Waals surface area contributed by atoms with Crippen LogP contribution >= 0.6 is 11.8 Å². The Hall–Kier alpha value is 0.310. The van der Waals surface area contributed by atoms with Gasteiger partial charge in [0, 0.05) is 17.8 Å². The molecule has 2 rings (SSSR count). The molecule has 2 fully saturated rings. The van der Waals surface area contributed by atoms with Crippen LogP contribution in [0.25, 0.3) is 0 Å². The van der Waals surface area contributed by atoms with E-state index in [4.69, 9.17) is 4.74 Å². The molecule has 0 aromatic rings. The monoisotopic (exact) mass is 144 g/mol. The van der Waals surface area contributed by atoms with Crippen molar-refractivity contribution in [1.82, 2.24) is 0 Å². The highest BCUT2D eigenvalue weighted by Gasteiger charge is 2.32. The Labute approximate surface area is 60.2 Å². The molecule has 0 radical (unpaired) electrons. The van der Waals surface area contributed by atoms with Crippen LogP contribution in [0.5, 0.6) is 0 Å². The lowest BCUT2D eigenvalue weighted by molar-refractivity contribution is 0.120. The Morgan fingerprint density at radius 3 is 3.22 bits per heavy atom. The van der Waals surface area contributed by atoms with Gasteiger partial charge in [-0.05, 0) is 18.6 Å². The fourth-order valence-corrected chi connectivity index (χ4v) is 2.71. The van der Waals surface area contributed by atoms with Gasteiger partial charge in [0.15, 0.2) is 0 Å². The second-order valence-electron chi connectivity index (χ2n) is 2.85. The standard InChI is InChI=1S/C7H12OS/c1-2-7-6(5-9-7)4-8-3-1/h6-7H,1-5H2. The van der Waals surface area contributed by atoms with E-state index < -0.39 is 0 Å². The number of thioether (sulfide) groups is 1. The molecule has 2 unspecified atom stereocenters. The van der Waals surface area contributed by atoms with Crippen molar-refractivity contribution in [2.24, 2.45) is 5.92 Å². The molecule has 2 saturated heterocycles. The van der Waals surface area contributed by atoms with E-state index in [9.17, 15) is 0 Å². The largest absolute Gasteiger partial charge is 0.381 e. The van der Waals surface area contributed by atoms with Gasteiger partial charge in [-0.15, -0.1) is 0 Å². The summed E-state index contributed by atoms with van der Waals surface area (Å²) in [4.78, 5) is 0. The fourth-order valence-electron chi connectivity index (χ4n) is 1.46. The lowest BCUT2D eigenvalue weighted by Gasteiger charge is -2.33. The molecule has 0 bridgehead atoms. The van der Waals surface area contributed by atoms with Gasteiger partial charge in [0.25, 0.3) is 0 Å². The molecule has 0 aromatic carbocycles. The minimum absolute atomic E-state index is 0.914. The Morgan fingerprint density at radius 2 is 2.44 bits per heavy atom. The molecule has 1 nitrogen and oxygen atoms in total. The Kier molecular flexibility index (Phi) is 1.68. The molecule has 9 heavy (non-hydrogen) atoms. The van der Waals surface area contributed by atoms with Crippen LogP contribution in [-0.4, -0.2) is 24.2 Å². The highest BCUT2D eigenvalue weighted by atomic mass is 32.2. The van der Waals surface area contributed by atoms with Crippen molar-refractivity contribution in [1.29, 1.82) is 0 Å². The van der Waals surface area contributed by atoms with Crippen molar-refractivity contribution in [2.45, 2.75) is 18.1 Å². The molecule has 2 heteroatoms. The molecule has 0 amide bonds. The lowest BCUT2D eigenvalue weighted by atomic mass is 10.0. The van der Waals surface area contributed by atoms with Crippen LogP contribution < -0.4 is 0 Å². The van der Waals surface area contributed by atoms with E-state index in [1.165, 1.54) is 18.6 Å². The van der Waals surface area contributed by atoms with E-state index in [1.54, 1.807) is 0 Å². The summed E-state index contributed by atoms with van der Waals surface area (Å²) in [5.41, 5.74) is 0. The minimum atomic E-state index is 0.914. The smallest absolute Gasteiger partial charge is 0.0512 e. The maximum absolute atomic E-state index is 5.42. The normalized spacial score (nSPS) is 42.7. The SMILES string of the molecule is C1COCC2CSC2C1. The van der Waals surface area contributed by atoms with E-state index in [0.717, 1.165) is 24.4 Å². The zero-order valence-corrected chi connectivity index (χ0v) is 6.32. The van der Waals surface area contributed by atoms with Gasteiger partial charge in [-0.3, -0.25) is 0 Å². The predicted molar refractivity (Wildman–Crippen MR) is 39.8 cm³/mol. The van der Waals surface area contributed by atoms with Gasteiger partial charge in [0.2, 0.25) is 0 Å². The molecular weight excluding hydrogens is 132 g/mol. The molecule has 0 aromatic heterocycles. The van der Waals surface area contributed by atoms with Gasteiger partial charge in [-0.1, -0.05) is 0 Å². The molecule has 2 aliphatic rings. The van der Waals surface area contributed by atoms with Crippen LogP contribution in [-0.2, 0) is 4.74 Å². The van der Waals surface area contributed by atoms with Crippen LogP contribution in [0.15, 0.2) is 0 Å². The topological polar surface area (TPSA) is 9.23 Å². The number of fused-ring (bicyclic) bond motifs is 1. The first kappa shape index (κ1) is 6.05. The van der Waals surface area contributed by atoms with E-state index in [1.807, 2.05) is 0 Å². The zero-order chi connectivity index (χ0) is 6.10. The van der Waals surface area contributed by atoms with Gasteiger partial charge < -0.3 is 4.74 Å². The number of ether oxygens (including phenoxy) is 1. The fraction of sp³-hybridized carbons (Fsp3) is 1.00. The summed E-state index contributed by atoms with van der Waals surface area (Å²) in [6.45, 7) is 2.05. The van der Waals surface area contributed by atoms with Crippen LogP contribution in [0.4, 0.5) is 0 Å². The summed E-state index contributed by atoms with van der Waals surface area (Å²) in [5, 5.41) is 0.965. The van der Waals surface area contributed by atoms with Crippen molar-refractivity contribution in [3.05, 3.63) is 0 Å². The maximum atomic E-state index is 5.42. The highest BCUT2D eigenvalue weighted by Crippen LogP contribution is 2.38. The second-order valence-corrected chi connectivity index (χ2v) is 4.12. The first-order valence-corrected chi connectivity index (χ1v) is 4.71. The molecule has 0 aliphatic carbocycles. The van der Waals surface area contributed by atoms with Crippen molar-refractivity contribution in [2.75, 3.05) is 19.0 Å². The second kappa shape index (κ2) is 2.51. The Bertz CT molecular complexity index is 93.1. The summed E-state index contributed by atoms with van der Waals surface area (Å²) in [7, 11) is 0. The van der Waals surface area contributed by atoms with Crippen molar-refractivity contribution in [3.8, 4) is 0 Å². The van der Waals surface area contributed by atoms with Gasteiger partial charge in [0.05, 0.1) is 6.61 Å². The third kappa shape index (κ3) is 1.10. The quantitative estimate of drug-likeness (QED) is 0.510. The molecule has 2 heterocycles. The first-order valence-electron chi connectivity index (χ1n) is 3.66. The molecular formula is C7H12OS.